The van der Waals surface area contributed by atoms with Crippen molar-refractivity contribution in [2.45, 2.75) is 19.3 Å². The minimum atomic E-state index is 0.331. The predicted octanol–water partition coefficient (Wildman–Crippen LogP) is 3.66. The average Bonchev–Trinajstić information content (AvgIpc) is 3.04. The fourth-order valence-corrected chi connectivity index (χ4v) is 2.41. The lowest BCUT2D eigenvalue weighted by atomic mass is 10.1. The minimum absolute atomic E-state index is 0.331. The van der Waals surface area contributed by atoms with Gasteiger partial charge >= 0.3 is 0 Å². The lowest BCUT2D eigenvalue weighted by Crippen LogP contribution is -1.94. The Morgan fingerprint density at radius 2 is 2.19 bits per heavy atom. The summed E-state index contributed by atoms with van der Waals surface area (Å²) < 4.78 is 0.988. The number of halogens is 1. The summed E-state index contributed by atoms with van der Waals surface area (Å²) in [4.78, 5) is 4.56. The molecule has 1 N–H and O–H groups in total. The summed E-state index contributed by atoms with van der Waals surface area (Å²) in [6.07, 6.45) is 3.45. The maximum Gasteiger partial charge on any atom is 0.137 e. The molecule has 1 saturated carbocycles. The molecule has 2 nitrogen and oxygen atoms in total. The Kier molecular flexibility index (Phi) is 2.36. The first-order valence-electron chi connectivity index (χ1n) is 5.51. The third kappa shape index (κ3) is 1.80. The van der Waals surface area contributed by atoms with Crippen molar-refractivity contribution in [2.24, 2.45) is 5.92 Å². The second-order valence-corrected chi connectivity index (χ2v) is 5.27. The highest BCUT2D eigenvalue weighted by Gasteiger charge is 2.23. The highest BCUT2D eigenvalue weighted by Crippen LogP contribution is 2.35. The number of hydrogen-bond acceptors (Lipinski definition) is 2. The van der Waals surface area contributed by atoms with Crippen molar-refractivity contribution in [1.82, 2.24) is 4.98 Å². The van der Waals surface area contributed by atoms with Crippen LogP contribution in [0.1, 0.15) is 18.5 Å². The molecule has 1 fully saturated rings. The highest BCUT2D eigenvalue weighted by atomic mass is 79.9. The molecule has 0 aliphatic heterocycles. The molecule has 3 rings (SSSR count). The van der Waals surface area contributed by atoms with Crippen LogP contribution in [0.25, 0.3) is 10.9 Å². The first-order chi connectivity index (χ1) is 7.74. The fraction of sp³-hybridized carbons (Fsp3) is 0.308. The van der Waals surface area contributed by atoms with Crippen LogP contribution in [0.3, 0.4) is 0 Å². The largest absolute Gasteiger partial charge is 0.506 e. The summed E-state index contributed by atoms with van der Waals surface area (Å²) >= 11 is 3.49. The van der Waals surface area contributed by atoms with E-state index in [9.17, 15) is 5.11 Å². The van der Waals surface area contributed by atoms with E-state index in [0.29, 0.717) is 5.75 Å². The smallest absolute Gasteiger partial charge is 0.137 e. The van der Waals surface area contributed by atoms with Crippen LogP contribution in [0.4, 0.5) is 0 Å². The van der Waals surface area contributed by atoms with Crippen molar-refractivity contribution in [3.63, 3.8) is 0 Å². The zero-order valence-corrected chi connectivity index (χ0v) is 10.4. The Morgan fingerprint density at radius 3 is 2.94 bits per heavy atom. The molecule has 0 spiro atoms. The van der Waals surface area contributed by atoms with Gasteiger partial charge in [0.05, 0.1) is 11.2 Å². The van der Waals surface area contributed by atoms with Crippen LogP contribution in [0.2, 0.25) is 0 Å². The van der Waals surface area contributed by atoms with Crippen molar-refractivity contribution in [3.05, 3.63) is 34.4 Å². The van der Waals surface area contributed by atoms with E-state index < -0.39 is 0 Å². The Balaban J connectivity index is 2.14. The molecule has 16 heavy (non-hydrogen) atoms. The molecule has 0 radical (unpaired) electrons. The first-order valence-corrected chi connectivity index (χ1v) is 6.30. The highest BCUT2D eigenvalue weighted by molar-refractivity contribution is 9.10. The van der Waals surface area contributed by atoms with E-state index in [0.717, 1.165) is 33.4 Å². The van der Waals surface area contributed by atoms with Gasteiger partial charge in [-0.25, -0.2) is 4.98 Å². The summed E-state index contributed by atoms with van der Waals surface area (Å²) in [5.74, 6) is 1.07. The molecule has 1 aliphatic rings. The third-order valence-electron chi connectivity index (χ3n) is 3.03. The van der Waals surface area contributed by atoms with Crippen molar-refractivity contribution in [2.75, 3.05) is 0 Å². The van der Waals surface area contributed by atoms with Crippen molar-refractivity contribution >= 4 is 26.8 Å². The molecule has 0 unspecified atom stereocenters. The normalized spacial score (nSPS) is 15.6. The van der Waals surface area contributed by atoms with E-state index in [1.807, 2.05) is 24.3 Å². The van der Waals surface area contributed by atoms with Gasteiger partial charge in [0, 0.05) is 9.86 Å². The van der Waals surface area contributed by atoms with Gasteiger partial charge in [-0.2, -0.15) is 0 Å². The quantitative estimate of drug-likeness (QED) is 0.909. The van der Waals surface area contributed by atoms with Gasteiger partial charge in [-0.15, -0.1) is 0 Å². The van der Waals surface area contributed by atoms with E-state index in [2.05, 4.69) is 20.9 Å². The second-order valence-electron chi connectivity index (χ2n) is 4.41. The van der Waals surface area contributed by atoms with Crippen LogP contribution >= 0.6 is 15.9 Å². The van der Waals surface area contributed by atoms with E-state index in [-0.39, 0.29) is 0 Å². The van der Waals surface area contributed by atoms with Gasteiger partial charge in [0.15, 0.2) is 0 Å². The molecular weight excluding hydrogens is 266 g/mol. The molecule has 1 heterocycles. The molecular formula is C13H12BrNO. The van der Waals surface area contributed by atoms with Gasteiger partial charge < -0.3 is 5.11 Å². The second kappa shape index (κ2) is 3.74. The van der Waals surface area contributed by atoms with Crippen LogP contribution in [0.5, 0.6) is 5.75 Å². The molecule has 0 bridgehead atoms. The van der Waals surface area contributed by atoms with Crippen LogP contribution in [-0.4, -0.2) is 10.1 Å². The van der Waals surface area contributed by atoms with Gasteiger partial charge in [0.1, 0.15) is 5.75 Å². The third-order valence-corrected chi connectivity index (χ3v) is 3.67. The summed E-state index contributed by atoms with van der Waals surface area (Å²) in [5.41, 5.74) is 1.78. The van der Waals surface area contributed by atoms with E-state index >= 15 is 0 Å². The molecule has 1 aliphatic carbocycles. The Bertz CT molecular complexity index is 549. The van der Waals surface area contributed by atoms with Gasteiger partial charge in [-0.1, -0.05) is 12.1 Å². The minimum Gasteiger partial charge on any atom is -0.506 e. The number of rotatable bonds is 2. The Labute approximate surface area is 102 Å². The molecule has 3 heteroatoms. The number of pyridine rings is 1. The van der Waals surface area contributed by atoms with Gasteiger partial charge in [-0.3, -0.25) is 0 Å². The maximum absolute atomic E-state index is 9.90. The van der Waals surface area contributed by atoms with Crippen molar-refractivity contribution in [3.8, 4) is 5.75 Å². The zero-order valence-electron chi connectivity index (χ0n) is 8.78. The number of para-hydroxylation sites is 1. The first kappa shape index (κ1) is 10.1. The zero-order chi connectivity index (χ0) is 11.1. The molecule has 1 aromatic carbocycles. The molecule has 2 aromatic rings. The van der Waals surface area contributed by atoms with E-state index in [1.54, 1.807) is 0 Å². The summed E-state index contributed by atoms with van der Waals surface area (Å²) in [6.45, 7) is 0. The molecule has 82 valence electrons. The molecule has 0 amide bonds. The molecule has 1 aromatic heterocycles. The number of fused-ring (bicyclic) bond motifs is 1. The molecule has 0 atom stereocenters. The predicted molar refractivity (Wildman–Crippen MR) is 67.5 cm³/mol. The van der Waals surface area contributed by atoms with Gasteiger partial charge in [0.2, 0.25) is 0 Å². The number of nitrogens with zero attached hydrogens (tertiary/aromatic N) is 1. The lowest BCUT2D eigenvalue weighted by Gasteiger charge is -2.06. The van der Waals surface area contributed by atoms with Gasteiger partial charge in [0.25, 0.3) is 0 Å². The maximum atomic E-state index is 9.90. The Hall–Kier alpha value is -1.09. The number of benzene rings is 1. The summed E-state index contributed by atoms with van der Waals surface area (Å²) in [6, 6.07) is 7.71. The van der Waals surface area contributed by atoms with Crippen LogP contribution in [0.15, 0.2) is 28.7 Å². The topological polar surface area (TPSA) is 33.1 Å². The lowest BCUT2D eigenvalue weighted by molar-refractivity contribution is 0.463. The SMILES string of the molecule is Oc1cc2cccc(Br)c2nc1CC1CC1. The number of aromatic hydroxyl groups is 1. The van der Waals surface area contributed by atoms with E-state index in [1.165, 1.54) is 12.8 Å². The number of aromatic nitrogens is 1. The van der Waals surface area contributed by atoms with Crippen LogP contribution in [0, 0.1) is 5.92 Å². The number of hydrogen-bond donors (Lipinski definition) is 1. The van der Waals surface area contributed by atoms with Crippen molar-refractivity contribution in [1.29, 1.82) is 0 Å². The summed E-state index contributed by atoms with van der Waals surface area (Å²) in [7, 11) is 0. The summed E-state index contributed by atoms with van der Waals surface area (Å²) in [5, 5.41) is 10.9. The monoisotopic (exact) mass is 277 g/mol. The Morgan fingerprint density at radius 1 is 1.38 bits per heavy atom. The van der Waals surface area contributed by atoms with Crippen molar-refractivity contribution < 1.29 is 5.11 Å². The molecule has 0 saturated heterocycles. The van der Waals surface area contributed by atoms with Crippen LogP contribution in [-0.2, 0) is 6.42 Å². The van der Waals surface area contributed by atoms with E-state index in [4.69, 9.17) is 0 Å². The fourth-order valence-electron chi connectivity index (χ4n) is 1.93. The van der Waals surface area contributed by atoms with Gasteiger partial charge in [-0.05, 0) is 53.2 Å². The van der Waals surface area contributed by atoms with Crippen LogP contribution < -0.4 is 0 Å². The standard InChI is InChI=1S/C13H12BrNO/c14-10-3-1-2-9-7-12(16)11(15-13(9)10)6-8-4-5-8/h1-3,7-8,16H,4-6H2. The average molecular weight is 278 g/mol.